The molecule has 2 N–H and O–H groups in total. The molecule has 1 aromatic heterocycles. The number of nitrogens with zero attached hydrogens (tertiary/aromatic N) is 1. The SMILES string of the molecule is C=C(C)C(=O)OCCCn1c(O)c2c(c1O)C1C=CC2O1. The Labute approximate surface area is 121 Å². The molecule has 0 radical (unpaired) electrons. The van der Waals surface area contributed by atoms with E-state index in [4.69, 9.17) is 9.47 Å². The molecule has 2 atom stereocenters. The van der Waals surface area contributed by atoms with Crippen LogP contribution in [0.15, 0.2) is 24.3 Å². The average molecular weight is 291 g/mol. The number of hydrogen-bond acceptors (Lipinski definition) is 5. The van der Waals surface area contributed by atoms with Crippen molar-refractivity contribution in [1.82, 2.24) is 4.57 Å². The lowest BCUT2D eigenvalue weighted by Crippen LogP contribution is -2.09. The van der Waals surface area contributed by atoms with E-state index in [1.807, 2.05) is 12.2 Å². The van der Waals surface area contributed by atoms with Crippen molar-refractivity contribution in [2.75, 3.05) is 6.61 Å². The molecule has 0 fully saturated rings. The van der Waals surface area contributed by atoms with Gasteiger partial charge in [0.05, 0.1) is 17.7 Å². The van der Waals surface area contributed by atoms with E-state index in [0.717, 1.165) is 0 Å². The van der Waals surface area contributed by atoms with Crippen LogP contribution in [0, 0.1) is 0 Å². The zero-order valence-corrected chi connectivity index (χ0v) is 11.7. The van der Waals surface area contributed by atoms with E-state index in [2.05, 4.69) is 6.58 Å². The van der Waals surface area contributed by atoms with Gasteiger partial charge >= 0.3 is 5.97 Å². The molecule has 6 heteroatoms. The number of fused-ring (bicyclic) bond motifs is 5. The number of hydrogen-bond donors (Lipinski definition) is 2. The fourth-order valence-corrected chi connectivity index (χ4v) is 2.69. The second-order valence-corrected chi connectivity index (χ2v) is 5.26. The van der Waals surface area contributed by atoms with Crippen molar-refractivity contribution in [2.24, 2.45) is 0 Å². The van der Waals surface area contributed by atoms with E-state index in [0.29, 0.717) is 29.7 Å². The van der Waals surface area contributed by atoms with Crippen LogP contribution in [0.4, 0.5) is 0 Å². The van der Waals surface area contributed by atoms with Crippen LogP contribution in [0.25, 0.3) is 0 Å². The number of ether oxygens (including phenoxy) is 2. The van der Waals surface area contributed by atoms with Crippen LogP contribution in [0.5, 0.6) is 11.8 Å². The zero-order valence-electron chi connectivity index (χ0n) is 11.7. The average Bonchev–Trinajstić information content (AvgIpc) is 3.11. The Bertz CT molecular complexity index is 607. The largest absolute Gasteiger partial charge is 0.494 e. The highest BCUT2D eigenvalue weighted by Crippen LogP contribution is 2.54. The highest BCUT2D eigenvalue weighted by molar-refractivity contribution is 5.86. The maximum Gasteiger partial charge on any atom is 0.333 e. The molecule has 3 heterocycles. The normalized spacial score (nSPS) is 21.6. The standard InChI is InChI=1S/C15H17NO5/c1-8(2)15(19)20-7-3-6-16-13(17)11-9-4-5-10(21-9)12(11)14(16)18/h4-5,9-10,17-18H,1,3,6-7H2,2H3. The lowest BCUT2D eigenvalue weighted by Gasteiger charge is -2.10. The summed E-state index contributed by atoms with van der Waals surface area (Å²) < 4.78 is 12.0. The molecule has 2 aliphatic heterocycles. The molecule has 6 nitrogen and oxygen atoms in total. The molecule has 1 aromatic rings. The number of carbonyl (C=O) groups is 1. The first-order chi connectivity index (χ1) is 10.0. The smallest absolute Gasteiger partial charge is 0.333 e. The lowest BCUT2D eigenvalue weighted by molar-refractivity contribution is -0.139. The molecule has 0 aliphatic carbocycles. The van der Waals surface area contributed by atoms with Crippen LogP contribution in [-0.2, 0) is 20.8 Å². The van der Waals surface area contributed by atoms with Crippen LogP contribution >= 0.6 is 0 Å². The van der Waals surface area contributed by atoms with Crippen LogP contribution in [-0.4, -0.2) is 27.4 Å². The summed E-state index contributed by atoms with van der Waals surface area (Å²) in [6, 6.07) is 0. The molecule has 2 aliphatic rings. The molecule has 21 heavy (non-hydrogen) atoms. The minimum absolute atomic E-state index is 0.0191. The topological polar surface area (TPSA) is 80.9 Å². The number of aromatic nitrogens is 1. The molecule has 0 saturated carbocycles. The third-order valence-electron chi connectivity index (χ3n) is 3.71. The summed E-state index contributed by atoms with van der Waals surface area (Å²) in [5.41, 5.74) is 1.62. The van der Waals surface area contributed by atoms with Crippen molar-refractivity contribution in [2.45, 2.75) is 32.1 Å². The minimum atomic E-state index is -0.436. The first-order valence-corrected chi connectivity index (χ1v) is 6.81. The van der Waals surface area contributed by atoms with Gasteiger partial charge in [-0.2, -0.15) is 0 Å². The van der Waals surface area contributed by atoms with Crippen molar-refractivity contribution < 1.29 is 24.5 Å². The van der Waals surface area contributed by atoms with Crippen molar-refractivity contribution in [1.29, 1.82) is 0 Å². The van der Waals surface area contributed by atoms with Crippen molar-refractivity contribution in [3.63, 3.8) is 0 Å². The third-order valence-corrected chi connectivity index (χ3v) is 3.71. The summed E-state index contributed by atoms with van der Waals surface area (Å²) in [6.45, 7) is 5.64. The van der Waals surface area contributed by atoms with Crippen molar-refractivity contribution >= 4 is 5.97 Å². The van der Waals surface area contributed by atoms with Gasteiger partial charge in [-0.05, 0) is 13.3 Å². The Hall–Kier alpha value is -2.21. The molecule has 0 saturated heterocycles. The molecule has 0 amide bonds. The Morgan fingerprint density at radius 2 is 1.90 bits per heavy atom. The summed E-state index contributed by atoms with van der Waals surface area (Å²) in [5.74, 6) is -0.398. The van der Waals surface area contributed by atoms with E-state index in [1.54, 1.807) is 6.92 Å². The molecule has 2 bridgehead atoms. The van der Waals surface area contributed by atoms with E-state index < -0.39 is 5.97 Å². The second kappa shape index (κ2) is 4.96. The van der Waals surface area contributed by atoms with Crippen molar-refractivity contribution in [3.8, 4) is 11.8 Å². The van der Waals surface area contributed by atoms with Crippen LogP contribution in [0.3, 0.4) is 0 Å². The van der Waals surface area contributed by atoms with E-state index in [9.17, 15) is 15.0 Å². The Morgan fingerprint density at radius 3 is 2.43 bits per heavy atom. The monoisotopic (exact) mass is 291 g/mol. The molecular formula is C15H17NO5. The van der Waals surface area contributed by atoms with Gasteiger partial charge in [0.15, 0.2) is 0 Å². The van der Waals surface area contributed by atoms with Gasteiger partial charge in [-0.15, -0.1) is 0 Å². The molecule has 0 spiro atoms. The predicted molar refractivity (Wildman–Crippen MR) is 73.9 cm³/mol. The van der Waals surface area contributed by atoms with Gasteiger partial charge in [-0.1, -0.05) is 18.7 Å². The molecular weight excluding hydrogens is 274 g/mol. The number of carbonyl (C=O) groups excluding carboxylic acids is 1. The highest BCUT2D eigenvalue weighted by atomic mass is 16.5. The highest BCUT2D eigenvalue weighted by Gasteiger charge is 2.41. The van der Waals surface area contributed by atoms with Gasteiger partial charge in [0.1, 0.15) is 12.2 Å². The van der Waals surface area contributed by atoms with Gasteiger partial charge < -0.3 is 19.7 Å². The van der Waals surface area contributed by atoms with Gasteiger partial charge in [-0.25, -0.2) is 4.79 Å². The Kier molecular flexibility index (Phi) is 3.25. The summed E-state index contributed by atoms with van der Waals surface area (Å²) in [5, 5.41) is 20.4. The van der Waals surface area contributed by atoms with Crippen LogP contribution in [0.1, 0.15) is 36.7 Å². The summed E-state index contributed by atoms with van der Waals surface area (Å²) in [6.07, 6.45) is 3.66. The van der Waals surface area contributed by atoms with Gasteiger partial charge in [0, 0.05) is 12.1 Å². The number of aromatic hydroxyl groups is 2. The first-order valence-electron chi connectivity index (χ1n) is 6.81. The summed E-state index contributed by atoms with van der Waals surface area (Å²) in [4.78, 5) is 11.2. The second-order valence-electron chi connectivity index (χ2n) is 5.26. The van der Waals surface area contributed by atoms with Gasteiger partial charge in [0.2, 0.25) is 11.8 Å². The number of rotatable bonds is 5. The Morgan fingerprint density at radius 1 is 1.33 bits per heavy atom. The minimum Gasteiger partial charge on any atom is -0.494 e. The lowest BCUT2D eigenvalue weighted by atomic mass is 10.0. The van der Waals surface area contributed by atoms with Crippen molar-refractivity contribution in [3.05, 3.63) is 35.4 Å². The number of esters is 1. The predicted octanol–water partition coefficient (Wildman–Crippen LogP) is 2.09. The molecule has 0 aromatic carbocycles. The van der Waals surface area contributed by atoms with E-state index in [1.165, 1.54) is 4.57 Å². The first kappa shape index (κ1) is 13.8. The maximum absolute atomic E-state index is 11.2. The fourth-order valence-electron chi connectivity index (χ4n) is 2.69. The summed E-state index contributed by atoms with van der Waals surface area (Å²) in [7, 11) is 0. The fraction of sp³-hybridized carbons (Fsp3) is 0.400. The Balaban J connectivity index is 1.66. The van der Waals surface area contributed by atoms with E-state index >= 15 is 0 Å². The molecule has 2 unspecified atom stereocenters. The zero-order chi connectivity index (χ0) is 15.1. The van der Waals surface area contributed by atoms with Gasteiger partial charge in [-0.3, -0.25) is 4.57 Å². The summed E-state index contributed by atoms with van der Waals surface area (Å²) >= 11 is 0. The van der Waals surface area contributed by atoms with Gasteiger partial charge in [0.25, 0.3) is 0 Å². The maximum atomic E-state index is 11.2. The van der Waals surface area contributed by atoms with Crippen LogP contribution < -0.4 is 0 Å². The van der Waals surface area contributed by atoms with Crippen LogP contribution in [0.2, 0.25) is 0 Å². The molecule has 3 rings (SSSR count). The van der Waals surface area contributed by atoms with E-state index in [-0.39, 0.29) is 30.6 Å². The quantitative estimate of drug-likeness (QED) is 0.376. The third kappa shape index (κ3) is 2.12. The molecule has 112 valence electrons.